The number of halogens is 1. The summed E-state index contributed by atoms with van der Waals surface area (Å²) in [5.41, 5.74) is 2.44. The van der Waals surface area contributed by atoms with Crippen molar-refractivity contribution in [1.29, 1.82) is 0 Å². The molecule has 7 heteroatoms. The number of nitrogens with two attached hydrogens (primary N) is 1. The second-order valence-corrected chi connectivity index (χ2v) is 3.45. The van der Waals surface area contributed by atoms with Crippen LogP contribution in [0.4, 0.5) is 5.95 Å². The Balaban J connectivity index is 2.20. The Bertz CT molecular complexity index is 309. The van der Waals surface area contributed by atoms with E-state index >= 15 is 0 Å². The van der Waals surface area contributed by atoms with Crippen molar-refractivity contribution < 1.29 is 4.74 Å². The van der Waals surface area contributed by atoms with Crippen LogP contribution in [0.3, 0.4) is 0 Å². The van der Waals surface area contributed by atoms with Crippen molar-refractivity contribution in [3.05, 3.63) is 5.28 Å². The van der Waals surface area contributed by atoms with Gasteiger partial charge in [-0.1, -0.05) is 0 Å². The molecule has 0 aliphatic carbocycles. The first-order valence-corrected chi connectivity index (χ1v) is 4.89. The molecule has 3 N–H and O–H groups in total. The van der Waals surface area contributed by atoms with Crippen LogP contribution in [-0.4, -0.2) is 21.4 Å². The van der Waals surface area contributed by atoms with Crippen LogP contribution < -0.4 is 11.3 Å². The van der Waals surface area contributed by atoms with E-state index in [2.05, 4.69) is 15.5 Å². The smallest absolute Gasteiger partial charge is 0.244 e. The average molecular weight is 218 g/mol. The lowest BCUT2D eigenvalue weighted by Gasteiger charge is -2.23. The van der Waals surface area contributed by atoms with Gasteiger partial charge in [0.25, 0.3) is 0 Å². The van der Waals surface area contributed by atoms with Gasteiger partial charge in [0.15, 0.2) is 6.23 Å². The lowest BCUT2D eigenvalue weighted by Crippen LogP contribution is -2.22. The number of nitrogens with one attached hydrogen (secondary N) is 1. The molecular formula is C7H12ClN5O. The number of nitrogens with zero attached hydrogens (tertiary/aromatic N) is 3. The van der Waals surface area contributed by atoms with Crippen molar-refractivity contribution in [2.75, 3.05) is 12.0 Å². The van der Waals surface area contributed by atoms with Gasteiger partial charge in [-0.2, -0.15) is 4.98 Å². The highest BCUT2D eigenvalue weighted by Crippen LogP contribution is 2.24. The first-order chi connectivity index (χ1) is 6.81. The summed E-state index contributed by atoms with van der Waals surface area (Å²) in [5, 5.41) is 4.18. The van der Waals surface area contributed by atoms with Crippen molar-refractivity contribution in [2.24, 2.45) is 5.84 Å². The van der Waals surface area contributed by atoms with Gasteiger partial charge in [0.2, 0.25) is 11.2 Å². The van der Waals surface area contributed by atoms with Gasteiger partial charge in [0.05, 0.1) is 0 Å². The highest BCUT2D eigenvalue weighted by Gasteiger charge is 2.20. The summed E-state index contributed by atoms with van der Waals surface area (Å²) in [5.74, 6) is 5.72. The molecular weight excluding hydrogens is 206 g/mol. The van der Waals surface area contributed by atoms with E-state index in [1.165, 1.54) is 0 Å². The number of ether oxygens (including phenoxy) is 1. The van der Waals surface area contributed by atoms with Gasteiger partial charge < -0.3 is 4.74 Å². The molecule has 2 rings (SSSR count). The molecule has 0 amide bonds. The second-order valence-electron chi connectivity index (χ2n) is 3.11. The zero-order valence-corrected chi connectivity index (χ0v) is 8.37. The summed E-state index contributed by atoms with van der Waals surface area (Å²) in [6, 6.07) is 0. The van der Waals surface area contributed by atoms with Gasteiger partial charge in [0.1, 0.15) is 0 Å². The fraction of sp³-hybridized carbons (Fsp3) is 0.714. The molecule has 14 heavy (non-hydrogen) atoms. The minimum Gasteiger partial charge on any atom is -0.356 e. The van der Waals surface area contributed by atoms with Gasteiger partial charge in [-0.3, -0.25) is 5.43 Å². The van der Waals surface area contributed by atoms with Gasteiger partial charge in [-0.05, 0) is 30.9 Å². The fourth-order valence-electron chi connectivity index (χ4n) is 1.51. The van der Waals surface area contributed by atoms with Crippen LogP contribution in [0.1, 0.15) is 25.5 Å². The van der Waals surface area contributed by atoms with E-state index in [4.69, 9.17) is 22.2 Å². The second kappa shape index (κ2) is 4.12. The van der Waals surface area contributed by atoms with Crippen LogP contribution in [0.25, 0.3) is 0 Å². The first kappa shape index (κ1) is 9.70. The third kappa shape index (κ3) is 1.82. The van der Waals surface area contributed by atoms with Crippen LogP contribution in [0.2, 0.25) is 5.28 Å². The van der Waals surface area contributed by atoms with Crippen LogP contribution >= 0.6 is 11.6 Å². The summed E-state index contributed by atoms with van der Waals surface area (Å²) < 4.78 is 7.11. The molecule has 1 fully saturated rings. The predicted molar refractivity (Wildman–Crippen MR) is 51.7 cm³/mol. The van der Waals surface area contributed by atoms with Gasteiger partial charge >= 0.3 is 0 Å². The molecule has 1 atom stereocenters. The van der Waals surface area contributed by atoms with E-state index in [9.17, 15) is 0 Å². The van der Waals surface area contributed by atoms with E-state index in [0.29, 0.717) is 5.95 Å². The lowest BCUT2D eigenvalue weighted by molar-refractivity contribution is -0.0382. The number of hydrazine groups is 1. The zero-order chi connectivity index (χ0) is 9.97. The molecule has 0 saturated carbocycles. The first-order valence-electron chi connectivity index (χ1n) is 4.51. The minimum absolute atomic E-state index is 0.102. The topological polar surface area (TPSA) is 78.0 Å². The fourth-order valence-corrected chi connectivity index (χ4v) is 1.67. The number of rotatable bonds is 2. The Morgan fingerprint density at radius 2 is 2.43 bits per heavy atom. The molecule has 1 unspecified atom stereocenters. The highest BCUT2D eigenvalue weighted by molar-refractivity contribution is 6.28. The summed E-state index contributed by atoms with van der Waals surface area (Å²) in [6.45, 7) is 0.742. The molecule has 0 aromatic carbocycles. The van der Waals surface area contributed by atoms with Crippen molar-refractivity contribution >= 4 is 17.5 Å². The standard InChI is InChI=1S/C7H12ClN5O/c8-6-10-7(11-9)13(12-6)5-3-1-2-4-14-5/h5H,1-4,9H2,(H,10,11,12). The van der Waals surface area contributed by atoms with Crippen molar-refractivity contribution in [2.45, 2.75) is 25.5 Å². The van der Waals surface area contributed by atoms with Crippen molar-refractivity contribution in [1.82, 2.24) is 14.8 Å². The highest BCUT2D eigenvalue weighted by atomic mass is 35.5. The van der Waals surface area contributed by atoms with E-state index in [-0.39, 0.29) is 11.5 Å². The van der Waals surface area contributed by atoms with Crippen LogP contribution in [0.5, 0.6) is 0 Å². The van der Waals surface area contributed by atoms with Gasteiger partial charge in [-0.15, -0.1) is 5.10 Å². The monoisotopic (exact) mass is 217 g/mol. The maximum atomic E-state index is 5.67. The predicted octanol–water partition coefficient (Wildman–Crippen LogP) is 0.916. The van der Waals surface area contributed by atoms with E-state index in [1.807, 2.05) is 0 Å². The number of nitrogen functional groups attached to an aromatic ring is 1. The quantitative estimate of drug-likeness (QED) is 0.569. The van der Waals surface area contributed by atoms with E-state index in [0.717, 1.165) is 25.9 Å². The molecule has 1 aliphatic rings. The molecule has 0 radical (unpaired) electrons. The van der Waals surface area contributed by atoms with E-state index < -0.39 is 0 Å². The van der Waals surface area contributed by atoms with E-state index in [1.54, 1.807) is 4.68 Å². The Hall–Kier alpha value is -0.850. The number of aromatic nitrogens is 3. The molecule has 1 saturated heterocycles. The molecule has 0 bridgehead atoms. The Labute approximate surface area is 86.4 Å². The van der Waals surface area contributed by atoms with Crippen LogP contribution in [0, 0.1) is 0 Å². The molecule has 1 aromatic heterocycles. The summed E-state index contributed by atoms with van der Waals surface area (Å²) in [7, 11) is 0. The Morgan fingerprint density at radius 1 is 1.57 bits per heavy atom. The Kier molecular flexibility index (Phi) is 2.85. The largest absolute Gasteiger partial charge is 0.356 e. The molecule has 1 aromatic rings. The average Bonchev–Trinajstić information content (AvgIpc) is 2.61. The summed E-state index contributed by atoms with van der Waals surface area (Å²) in [6.07, 6.45) is 3.01. The van der Waals surface area contributed by atoms with Crippen molar-refractivity contribution in [3.8, 4) is 0 Å². The van der Waals surface area contributed by atoms with Gasteiger partial charge in [0, 0.05) is 6.61 Å². The van der Waals surface area contributed by atoms with Crippen LogP contribution in [0.15, 0.2) is 0 Å². The molecule has 2 heterocycles. The summed E-state index contributed by atoms with van der Waals surface area (Å²) >= 11 is 5.67. The maximum absolute atomic E-state index is 5.67. The molecule has 6 nitrogen and oxygen atoms in total. The maximum Gasteiger partial charge on any atom is 0.244 e. The third-order valence-electron chi connectivity index (χ3n) is 2.16. The SMILES string of the molecule is NNc1nc(Cl)nn1C1CCCCO1. The Morgan fingerprint density at radius 3 is 3.07 bits per heavy atom. The van der Waals surface area contributed by atoms with Gasteiger partial charge in [-0.25, -0.2) is 10.5 Å². The molecule has 78 valence electrons. The number of hydrogen-bond donors (Lipinski definition) is 2. The number of anilines is 1. The molecule has 0 spiro atoms. The zero-order valence-electron chi connectivity index (χ0n) is 7.61. The van der Waals surface area contributed by atoms with Crippen molar-refractivity contribution in [3.63, 3.8) is 0 Å². The normalized spacial score (nSPS) is 22.3. The molecule has 1 aliphatic heterocycles. The minimum atomic E-state index is -0.102. The lowest BCUT2D eigenvalue weighted by atomic mass is 10.2. The third-order valence-corrected chi connectivity index (χ3v) is 2.32. The van der Waals surface area contributed by atoms with Crippen LogP contribution in [-0.2, 0) is 4.74 Å². The number of hydrogen-bond acceptors (Lipinski definition) is 5. The summed E-state index contributed by atoms with van der Waals surface area (Å²) in [4.78, 5) is 3.91.